The van der Waals surface area contributed by atoms with Crippen LogP contribution >= 0.6 is 0 Å². The van der Waals surface area contributed by atoms with Gasteiger partial charge in [-0.2, -0.15) is 36.3 Å². The minimum absolute atomic E-state index is 0.0126. The molecule has 0 spiro atoms. The number of aliphatic hydroxyl groups is 1. The fourth-order valence-corrected chi connectivity index (χ4v) is 8.70. The van der Waals surface area contributed by atoms with E-state index in [1.54, 1.807) is 43.1 Å². The molecule has 0 aliphatic rings. The maximum absolute atomic E-state index is 13.7. The SMILES string of the molecule is C=CC(=O)Nc1cc(Nc2nccc(-c3cn(C)c4ccccc34)n2)c(OCC(F)(F)F)nc1N(C)CCN(C)CCC(O)Nc1cc(Nc2nccc(-c3cn(C)c4ccccc34)n2)c(OCC(F)(F)F)nc1N(C)CCN(C)C. The van der Waals surface area contributed by atoms with Crippen LogP contribution in [0.1, 0.15) is 6.42 Å². The largest absolute Gasteiger partial charge is 0.466 e. The summed E-state index contributed by atoms with van der Waals surface area (Å²) in [6.45, 7) is 1.95. The molecule has 0 aliphatic heterocycles. The van der Waals surface area contributed by atoms with E-state index in [0.717, 1.165) is 39.0 Å². The highest BCUT2D eigenvalue weighted by atomic mass is 19.4. The summed E-state index contributed by atoms with van der Waals surface area (Å²) in [7, 11) is 12.7. The molecule has 8 aromatic rings. The van der Waals surface area contributed by atoms with Crippen molar-refractivity contribution in [3.05, 3.63) is 110 Å². The van der Waals surface area contributed by atoms with E-state index in [2.05, 4.69) is 52.8 Å². The molecule has 1 amide bonds. The van der Waals surface area contributed by atoms with Crippen molar-refractivity contribution in [2.24, 2.45) is 14.1 Å². The van der Waals surface area contributed by atoms with Gasteiger partial charge < -0.3 is 64.6 Å². The molecule has 0 radical (unpaired) electrons. The molecule has 2 aromatic carbocycles. The van der Waals surface area contributed by atoms with Gasteiger partial charge in [0.05, 0.1) is 22.8 Å². The first-order valence-electron chi connectivity index (χ1n) is 25.4. The van der Waals surface area contributed by atoms with Crippen LogP contribution in [0.5, 0.6) is 11.8 Å². The molecule has 6 aromatic heterocycles. The van der Waals surface area contributed by atoms with Crippen molar-refractivity contribution in [2.45, 2.75) is 25.0 Å². The lowest BCUT2D eigenvalue weighted by Crippen LogP contribution is -2.35. The summed E-state index contributed by atoms with van der Waals surface area (Å²) in [6, 6.07) is 21.8. The zero-order valence-corrected chi connectivity index (χ0v) is 45.6. The average molecular weight is 1130 g/mol. The van der Waals surface area contributed by atoms with Crippen LogP contribution < -0.4 is 40.5 Å². The molecule has 0 saturated carbocycles. The molecule has 428 valence electrons. The third kappa shape index (κ3) is 15.1. The van der Waals surface area contributed by atoms with Gasteiger partial charge in [-0.25, -0.2) is 19.9 Å². The van der Waals surface area contributed by atoms with E-state index in [1.165, 1.54) is 24.5 Å². The fourth-order valence-electron chi connectivity index (χ4n) is 8.70. The first-order chi connectivity index (χ1) is 38.5. The Hall–Kier alpha value is -8.75. The number of anilines is 8. The molecule has 5 N–H and O–H groups in total. The summed E-state index contributed by atoms with van der Waals surface area (Å²) in [6.07, 6.45) is -2.67. The van der Waals surface area contributed by atoms with Crippen LogP contribution in [0.15, 0.2) is 110 Å². The summed E-state index contributed by atoms with van der Waals surface area (Å²) in [5, 5.41) is 25.2. The van der Waals surface area contributed by atoms with Gasteiger partial charge in [-0.3, -0.25) is 4.79 Å². The quantitative estimate of drug-likeness (QED) is 0.0206. The molecule has 8 rings (SSSR count). The molecule has 20 nitrogen and oxygen atoms in total. The van der Waals surface area contributed by atoms with Crippen LogP contribution in [-0.4, -0.2) is 160 Å². The third-order valence-corrected chi connectivity index (χ3v) is 12.8. The molecule has 26 heteroatoms. The number of carbonyl (C=O) groups excluding carboxylic acids is 1. The van der Waals surface area contributed by atoms with Gasteiger partial charge in [0, 0.05) is 125 Å². The molecule has 0 saturated heterocycles. The smallest absolute Gasteiger partial charge is 0.422 e. The number of alkyl halides is 6. The lowest BCUT2D eigenvalue weighted by Gasteiger charge is -2.28. The number of likely N-dealkylation sites (N-methyl/N-ethyl adjacent to an activating group) is 4. The number of hydrogen-bond donors (Lipinski definition) is 5. The summed E-state index contributed by atoms with van der Waals surface area (Å²) < 4.78 is 96.8. The maximum atomic E-state index is 13.7. The number of pyridine rings is 2. The number of halogens is 6. The average Bonchev–Trinajstić information content (AvgIpc) is 3.96. The van der Waals surface area contributed by atoms with Crippen molar-refractivity contribution in [3.63, 3.8) is 0 Å². The topological polar surface area (TPSA) is 204 Å². The number of para-hydroxylation sites is 2. The van der Waals surface area contributed by atoms with Crippen LogP contribution in [0.2, 0.25) is 0 Å². The number of hydrogen-bond acceptors (Lipinski definition) is 17. The number of aromatic nitrogens is 8. The number of aliphatic hydroxyl groups excluding tert-OH is 1. The Bertz CT molecular complexity index is 3500. The normalized spacial score (nSPS) is 12.2. The van der Waals surface area contributed by atoms with E-state index >= 15 is 0 Å². The number of ether oxygens (including phenoxy) is 2. The lowest BCUT2D eigenvalue weighted by atomic mass is 10.1. The molecular formula is C55H62F6N16O4. The Kier molecular flexibility index (Phi) is 18.1. The minimum atomic E-state index is -4.73. The van der Waals surface area contributed by atoms with Gasteiger partial charge in [0.15, 0.2) is 24.8 Å². The Labute approximate surface area is 463 Å². The first-order valence-corrected chi connectivity index (χ1v) is 25.4. The van der Waals surface area contributed by atoms with Gasteiger partial charge in [-0.05, 0) is 63.6 Å². The second-order valence-corrected chi connectivity index (χ2v) is 19.4. The zero-order chi connectivity index (χ0) is 58.2. The molecule has 81 heavy (non-hydrogen) atoms. The Morgan fingerprint density at radius 1 is 0.654 bits per heavy atom. The Morgan fingerprint density at radius 3 is 1.60 bits per heavy atom. The highest BCUT2D eigenvalue weighted by molar-refractivity contribution is 6.01. The van der Waals surface area contributed by atoms with E-state index in [1.807, 2.05) is 108 Å². The number of rotatable bonds is 25. The van der Waals surface area contributed by atoms with E-state index < -0.39 is 43.6 Å². The van der Waals surface area contributed by atoms with Crippen molar-refractivity contribution in [2.75, 3.05) is 112 Å². The van der Waals surface area contributed by atoms with E-state index in [-0.39, 0.29) is 71.7 Å². The van der Waals surface area contributed by atoms with Gasteiger partial charge in [0.2, 0.25) is 29.6 Å². The highest BCUT2D eigenvalue weighted by Gasteiger charge is 2.32. The standard InChI is InChI=1S/C55H62F6N16O4/c1-9-46(78)64-40-28-42(68-52-62-21-18-38(66-52)36-30-76(7)44-16-12-10-14-34(36)44)50(80-32-54(56,57)58)70-48(40)75(6)27-25-73(4)23-20-47(79)65-41-29-43(51(81-33-55(59,60)61)71-49(41)74(5)26-24-72(2)3)69-53-63-22-19-39(67-53)37-31-77(8)45-17-13-11-15-35(37)45/h9-19,21-22,28-31,47,65,79H,1,20,23-27,32-33H2,2-8H3,(H,64,78)(H,62,66,68)(H,63,67,69). The number of nitrogens with one attached hydrogen (secondary N) is 4. The van der Waals surface area contributed by atoms with Crippen LogP contribution in [-0.2, 0) is 18.9 Å². The Morgan fingerprint density at radius 2 is 1.12 bits per heavy atom. The Balaban J connectivity index is 1.00. The summed E-state index contributed by atoms with van der Waals surface area (Å²) in [5.74, 6) is -1.15. The van der Waals surface area contributed by atoms with Crippen molar-refractivity contribution in [1.29, 1.82) is 0 Å². The van der Waals surface area contributed by atoms with Crippen molar-refractivity contribution in [1.82, 2.24) is 48.8 Å². The van der Waals surface area contributed by atoms with Gasteiger partial charge >= 0.3 is 12.4 Å². The molecule has 0 bridgehead atoms. The molecule has 0 fully saturated rings. The molecular weight excluding hydrogens is 1060 g/mol. The van der Waals surface area contributed by atoms with Crippen LogP contribution in [0, 0.1) is 0 Å². The fraction of sp³-hybridized carbons (Fsp3) is 0.327. The maximum Gasteiger partial charge on any atom is 0.422 e. The third-order valence-electron chi connectivity index (χ3n) is 12.8. The van der Waals surface area contributed by atoms with E-state index in [0.29, 0.717) is 31.0 Å². The van der Waals surface area contributed by atoms with Crippen molar-refractivity contribution >= 4 is 74.0 Å². The van der Waals surface area contributed by atoms with E-state index in [9.17, 15) is 36.2 Å². The zero-order valence-electron chi connectivity index (χ0n) is 45.6. The number of amides is 1. The van der Waals surface area contributed by atoms with Crippen LogP contribution in [0.4, 0.5) is 72.6 Å². The molecule has 1 unspecified atom stereocenters. The molecule has 0 aliphatic carbocycles. The highest BCUT2D eigenvalue weighted by Crippen LogP contribution is 2.39. The summed E-state index contributed by atoms with van der Waals surface area (Å²) >= 11 is 0. The van der Waals surface area contributed by atoms with Crippen LogP contribution in [0.25, 0.3) is 44.3 Å². The summed E-state index contributed by atoms with van der Waals surface area (Å²) in [4.78, 5) is 47.1. The minimum Gasteiger partial charge on any atom is -0.466 e. The van der Waals surface area contributed by atoms with Crippen LogP contribution in [0.3, 0.4) is 0 Å². The van der Waals surface area contributed by atoms with Crippen molar-refractivity contribution < 1.29 is 45.7 Å². The second-order valence-electron chi connectivity index (χ2n) is 19.4. The number of benzene rings is 2. The second kappa shape index (κ2) is 25.1. The predicted octanol–water partition coefficient (Wildman–Crippen LogP) is 9.05. The van der Waals surface area contributed by atoms with Gasteiger partial charge in [0.25, 0.3) is 0 Å². The van der Waals surface area contributed by atoms with Gasteiger partial charge in [-0.1, -0.05) is 43.0 Å². The van der Waals surface area contributed by atoms with Crippen molar-refractivity contribution in [3.8, 4) is 34.3 Å². The number of carbonyl (C=O) groups is 1. The lowest BCUT2D eigenvalue weighted by molar-refractivity contribution is -0.154. The number of aryl methyl sites for hydroxylation is 2. The first kappa shape index (κ1) is 58.4. The number of nitrogens with zero attached hydrogens (tertiary/aromatic N) is 12. The predicted molar refractivity (Wildman–Crippen MR) is 302 cm³/mol. The molecule has 6 heterocycles. The molecule has 1 atom stereocenters. The summed E-state index contributed by atoms with van der Waals surface area (Å²) in [5.41, 5.74) is 4.88. The van der Waals surface area contributed by atoms with Gasteiger partial charge in [0.1, 0.15) is 17.6 Å². The van der Waals surface area contributed by atoms with Gasteiger partial charge in [-0.15, -0.1) is 0 Å². The monoisotopic (exact) mass is 1120 g/mol. The van der Waals surface area contributed by atoms with E-state index in [4.69, 9.17) is 14.5 Å². The number of fused-ring (bicyclic) bond motifs is 2.